The van der Waals surface area contributed by atoms with Gasteiger partial charge < -0.3 is 9.67 Å². The summed E-state index contributed by atoms with van der Waals surface area (Å²) >= 11 is 1.30. The summed E-state index contributed by atoms with van der Waals surface area (Å²) in [4.78, 5) is 14.9. The fourth-order valence-corrected chi connectivity index (χ4v) is 2.65. The molecule has 0 amide bonds. The van der Waals surface area contributed by atoms with Gasteiger partial charge in [-0.1, -0.05) is 24.6 Å². The molecule has 1 N–H and O–H groups in total. The van der Waals surface area contributed by atoms with Gasteiger partial charge in [-0.3, -0.25) is 4.79 Å². The van der Waals surface area contributed by atoms with E-state index in [0.717, 1.165) is 23.3 Å². The van der Waals surface area contributed by atoms with Crippen molar-refractivity contribution in [3.05, 3.63) is 11.9 Å². The highest BCUT2D eigenvalue weighted by Crippen LogP contribution is 2.33. The Labute approximate surface area is 105 Å². The number of carboxylic acids is 1. The van der Waals surface area contributed by atoms with Crippen LogP contribution in [0.15, 0.2) is 11.4 Å². The van der Waals surface area contributed by atoms with Gasteiger partial charge in [-0.2, -0.15) is 0 Å². The minimum atomic E-state index is -0.791. The number of aromatic nitrogens is 2. The fraction of sp³-hybridized carbons (Fsp3) is 0.667. The molecule has 1 aliphatic carbocycles. The molecule has 1 aliphatic rings. The molecular formula is C12H18N2O2S. The van der Waals surface area contributed by atoms with Gasteiger partial charge >= 0.3 is 5.97 Å². The van der Waals surface area contributed by atoms with E-state index in [9.17, 15) is 4.79 Å². The maximum atomic E-state index is 10.5. The summed E-state index contributed by atoms with van der Waals surface area (Å²) < 4.78 is 2.09. The fourth-order valence-electron chi connectivity index (χ4n) is 1.88. The highest BCUT2D eigenvalue weighted by Gasteiger charge is 2.20. The van der Waals surface area contributed by atoms with Gasteiger partial charge in [-0.15, -0.1) is 0 Å². The first-order chi connectivity index (χ1) is 8.15. The van der Waals surface area contributed by atoms with Crippen molar-refractivity contribution in [3.8, 4) is 0 Å². The Morgan fingerprint density at radius 2 is 2.41 bits per heavy atom. The number of rotatable bonds is 7. The standard InChI is InChI=1S/C12H18N2O2S/c1-9-7-14(6-2-3-10-4-5-10)12(13-9)17-8-11(15)16/h7,10H,2-6,8H2,1H3,(H,15,16). The van der Waals surface area contributed by atoms with Gasteiger partial charge in [0.25, 0.3) is 0 Å². The van der Waals surface area contributed by atoms with Gasteiger partial charge in [-0.05, 0) is 25.7 Å². The predicted molar refractivity (Wildman–Crippen MR) is 67.3 cm³/mol. The Morgan fingerprint density at radius 3 is 3.06 bits per heavy atom. The Kier molecular flexibility index (Phi) is 4.10. The lowest BCUT2D eigenvalue weighted by Crippen LogP contribution is -2.03. The van der Waals surface area contributed by atoms with Crippen molar-refractivity contribution in [2.75, 3.05) is 5.75 Å². The van der Waals surface area contributed by atoms with Crippen LogP contribution >= 0.6 is 11.8 Å². The van der Waals surface area contributed by atoms with Crippen LogP contribution in [0.5, 0.6) is 0 Å². The molecule has 1 aromatic heterocycles. The number of thioether (sulfide) groups is 1. The third-order valence-corrected chi connectivity index (χ3v) is 3.87. The first-order valence-electron chi connectivity index (χ1n) is 6.03. The average Bonchev–Trinajstić information content (AvgIpc) is 3.00. The van der Waals surface area contributed by atoms with E-state index in [-0.39, 0.29) is 5.75 Å². The van der Waals surface area contributed by atoms with E-state index >= 15 is 0 Å². The van der Waals surface area contributed by atoms with Crippen LogP contribution in [0.2, 0.25) is 0 Å². The number of aryl methyl sites for hydroxylation is 2. The van der Waals surface area contributed by atoms with Crippen LogP contribution in [0.4, 0.5) is 0 Å². The molecule has 0 atom stereocenters. The molecule has 5 heteroatoms. The largest absolute Gasteiger partial charge is 0.481 e. The van der Waals surface area contributed by atoms with Gasteiger partial charge in [0.2, 0.25) is 0 Å². The summed E-state index contributed by atoms with van der Waals surface area (Å²) in [6, 6.07) is 0. The maximum Gasteiger partial charge on any atom is 0.313 e. The number of carboxylic acid groups (broad SMARTS) is 1. The molecule has 0 spiro atoms. The molecular weight excluding hydrogens is 236 g/mol. The number of hydrogen-bond donors (Lipinski definition) is 1. The normalized spacial score (nSPS) is 15.1. The Bertz CT molecular complexity index is 399. The van der Waals surface area contributed by atoms with Crippen LogP contribution in [-0.4, -0.2) is 26.4 Å². The quantitative estimate of drug-likeness (QED) is 0.760. The van der Waals surface area contributed by atoms with E-state index in [2.05, 4.69) is 9.55 Å². The minimum Gasteiger partial charge on any atom is -0.481 e. The minimum absolute atomic E-state index is 0.0824. The molecule has 0 aromatic carbocycles. The van der Waals surface area contributed by atoms with E-state index in [1.807, 2.05) is 13.1 Å². The van der Waals surface area contributed by atoms with Crippen LogP contribution in [-0.2, 0) is 11.3 Å². The average molecular weight is 254 g/mol. The zero-order valence-corrected chi connectivity index (χ0v) is 10.9. The first kappa shape index (κ1) is 12.5. The summed E-state index contributed by atoms with van der Waals surface area (Å²) in [5.74, 6) is 0.244. The van der Waals surface area contributed by atoms with E-state index in [0.29, 0.717) is 0 Å². The van der Waals surface area contributed by atoms with Gasteiger partial charge in [0.1, 0.15) is 0 Å². The van der Waals surface area contributed by atoms with Crippen molar-refractivity contribution in [1.29, 1.82) is 0 Å². The second kappa shape index (κ2) is 5.58. The van der Waals surface area contributed by atoms with E-state index in [1.165, 1.54) is 37.4 Å². The van der Waals surface area contributed by atoms with E-state index in [1.54, 1.807) is 0 Å². The molecule has 1 aromatic rings. The smallest absolute Gasteiger partial charge is 0.313 e. The number of imidazole rings is 1. The van der Waals surface area contributed by atoms with Crippen molar-refractivity contribution in [1.82, 2.24) is 9.55 Å². The van der Waals surface area contributed by atoms with Crippen molar-refractivity contribution in [2.45, 2.75) is 44.3 Å². The number of carbonyl (C=O) groups is 1. The van der Waals surface area contributed by atoms with E-state index in [4.69, 9.17) is 5.11 Å². The highest BCUT2D eigenvalue weighted by atomic mass is 32.2. The Morgan fingerprint density at radius 1 is 1.65 bits per heavy atom. The number of hydrogen-bond acceptors (Lipinski definition) is 3. The second-order valence-corrected chi connectivity index (χ2v) is 5.57. The van der Waals surface area contributed by atoms with Crippen LogP contribution in [0.1, 0.15) is 31.4 Å². The zero-order valence-electron chi connectivity index (χ0n) is 10.1. The maximum absolute atomic E-state index is 10.5. The lowest BCUT2D eigenvalue weighted by atomic mass is 10.2. The van der Waals surface area contributed by atoms with Gasteiger partial charge in [0, 0.05) is 12.7 Å². The molecule has 4 nitrogen and oxygen atoms in total. The molecule has 0 saturated heterocycles. The van der Waals surface area contributed by atoms with Gasteiger partial charge in [-0.25, -0.2) is 4.98 Å². The van der Waals surface area contributed by atoms with Crippen LogP contribution in [0.25, 0.3) is 0 Å². The molecule has 0 unspecified atom stereocenters. The summed E-state index contributed by atoms with van der Waals surface area (Å²) in [6.07, 6.45) is 7.26. The molecule has 1 fully saturated rings. The first-order valence-corrected chi connectivity index (χ1v) is 7.02. The lowest BCUT2D eigenvalue weighted by molar-refractivity contribution is -0.133. The van der Waals surface area contributed by atoms with Crippen LogP contribution < -0.4 is 0 Å². The lowest BCUT2D eigenvalue weighted by Gasteiger charge is -2.05. The van der Waals surface area contributed by atoms with Gasteiger partial charge in [0.15, 0.2) is 5.16 Å². The predicted octanol–water partition coefficient (Wildman–Crippen LogP) is 2.56. The Balaban J connectivity index is 1.86. The molecule has 17 heavy (non-hydrogen) atoms. The molecule has 0 aliphatic heterocycles. The van der Waals surface area contributed by atoms with Crippen LogP contribution in [0.3, 0.4) is 0 Å². The molecule has 94 valence electrons. The zero-order chi connectivity index (χ0) is 12.3. The monoisotopic (exact) mass is 254 g/mol. The SMILES string of the molecule is Cc1cn(CCCC2CC2)c(SCC(=O)O)n1. The molecule has 0 bridgehead atoms. The van der Waals surface area contributed by atoms with Crippen molar-refractivity contribution in [3.63, 3.8) is 0 Å². The molecule has 2 rings (SSSR count). The third-order valence-electron chi connectivity index (χ3n) is 2.89. The van der Waals surface area contributed by atoms with Crippen LogP contribution in [0, 0.1) is 12.8 Å². The topological polar surface area (TPSA) is 55.1 Å². The summed E-state index contributed by atoms with van der Waals surface area (Å²) in [7, 11) is 0. The molecule has 1 saturated carbocycles. The highest BCUT2D eigenvalue weighted by molar-refractivity contribution is 7.99. The summed E-state index contributed by atoms with van der Waals surface area (Å²) in [5, 5.41) is 9.51. The summed E-state index contributed by atoms with van der Waals surface area (Å²) in [6.45, 7) is 2.90. The number of aliphatic carboxylic acids is 1. The second-order valence-electron chi connectivity index (χ2n) is 4.63. The Hall–Kier alpha value is -0.970. The van der Waals surface area contributed by atoms with Gasteiger partial charge in [0.05, 0.1) is 11.4 Å². The van der Waals surface area contributed by atoms with Crippen molar-refractivity contribution < 1.29 is 9.90 Å². The van der Waals surface area contributed by atoms with Crippen molar-refractivity contribution in [2.24, 2.45) is 5.92 Å². The van der Waals surface area contributed by atoms with Crippen molar-refractivity contribution >= 4 is 17.7 Å². The van der Waals surface area contributed by atoms with E-state index < -0.39 is 5.97 Å². The molecule has 0 radical (unpaired) electrons. The summed E-state index contributed by atoms with van der Waals surface area (Å²) in [5.41, 5.74) is 0.962. The molecule has 1 heterocycles. The number of nitrogens with zero attached hydrogens (tertiary/aromatic N) is 2. The third kappa shape index (κ3) is 4.07.